The number of rotatable bonds is 3. The summed E-state index contributed by atoms with van der Waals surface area (Å²) >= 11 is 0. The maximum absolute atomic E-state index is 11.4. The van der Waals surface area contributed by atoms with E-state index in [-0.39, 0.29) is 30.5 Å². The van der Waals surface area contributed by atoms with E-state index in [4.69, 9.17) is 9.47 Å². The third-order valence-electron chi connectivity index (χ3n) is 2.80. The molecule has 0 spiro atoms. The van der Waals surface area contributed by atoms with Gasteiger partial charge in [-0.15, -0.1) is 0 Å². The van der Waals surface area contributed by atoms with Crippen LogP contribution >= 0.6 is 0 Å². The Labute approximate surface area is 87.5 Å². The van der Waals surface area contributed by atoms with Gasteiger partial charge in [-0.1, -0.05) is 12.7 Å². The lowest BCUT2D eigenvalue weighted by Crippen LogP contribution is -2.23. The van der Waals surface area contributed by atoms with Crippen LogP contribution in [0.1, 0.15) is 6.42 Å². The lowest BCUT2D eigenvalue weighted by molar-refractivity contribution is -0.147. The molecule has 1 heterocycles. The van der Waals surface area contributed by atoms with Gasteiger partial charge < -0.3 is 9.47 Å². The van der Waals surface area contributed by atoms with Crippen LogP contribution in [0.25, 0.3) is 0 Å². The van der Waals surface area contributed by atoms with Crippen LogP contribution in [0.4, 0.5) is 0 Å². The van der Waals surface area contributed by atoms with Crippen molar-refractivity contribution in [3.05, 3.63) is 24.8 Å². The lowest BCUT2D eigenvalue weighted by atomic mass is 9.92. The Hall–Kier alpha value is -1.58. The number of hydrogen-bond acceptors (Lipinski definition) is 4. The summed E-state index contributed by atoms with van der Waals surface area (Å²) in [4.78, 5) is 22.3. The Morgan fingerprint density at radius 2 is 2.53 bits per heavy atom. The highest BCUT2D eigenvalue weighted by Crippen LogP contribution is 2.36. The Bertz CT molecular complexity index is 331. The Balaban J connectivity index is 1.94. The van der Waals surface area contributed by atoms with Crippen LogP contribution in [0.3, 0.4) is 0 Å². The Morgan fingerprint density at radius 1 is 1.73 bits per heavy atom. The monoisotopic (exact) mass is 208 g/mol. The number of fused-ring (bicyclic) bond motifs is 1. The standard InChI is InChI=1S/C11H12O4/c1-2-10(12)14-6-8-7-4-3-5-9(7)15-11(8)13/h2-3,5,7-9H,1,4,6H2/t7-,8+,9-/m1/s1. The molecule has 0 aromatic carbocycles. The third kappa shape index (κ3) is 1.79. The van der Waals surface area contributed by atoms with Crippen molar-refractivity contribution in [3.63, 3.8) is 0 Å². The van der Waals surface area contributed by atoms with E-state index in [1.54, 1.807) is 0 Å². The maximum Gasteiger partial charge on any atom is 0.330 e. The average molecular weight is 208 g/mol. The highest BCUT2D eigenvalue weighted by molar-refractivity contribution is 5.82. The van der Waals surface area contributed by atoms with E-state index >= 15 is 0 Å². The number of ether oxygens (including phenoxy) is 2. The number of esters is 2. The molecule has 0 N–H and O–H groups in total. The quantitative estimate of drug-likeness (QED) is 0.391. The van der Waals surface area contributed by atoms with Gasteiger partial charge in [0.1, 0.15) is 12.7 Å². The SMILES string of the molecule is C=CC(=O)OC[C@@H]1C(=O)O[C@@H]2C=CC[C@H]12. The minimum Gasteiger partial charge on any atom is -0.462 e. The summed E-state index contributed by atoms with van der Waals surface area (Å²) in [5.41, 5.74) is 0. The van der Waals surface area contributed by atoms with E-state index in [1.807, 2.05) is 12.2 Å². The van der Waals surface area contributed by atoms with Gasteiger partial charge in [-0.2, -0.15) is 0 Å². The molecule has 0 saturated carbocycles. The molecule has 1 aliphatic carbocycles. The fourth-order valence-electron chi connectivity index (χ4n) is 1.99. The van der Waals surface area contributed by atoms with Crippen molar-refractivity contribution < 1.29 is 19.1 Å². The van der Waals surface area contributed by atoms with Gasteiger partial charge in [0.15, 0.2) is 0 Å². The van der Waals surface area contributed by atoms with E-state index in [2.05, 4.69) is 6.58 Å². The fraction of sp³-hybridized carbons (Fsp3) is 0.455. The summed E-state index contributed by atoms with van der Waals surface area (Å²) in [6.45, 7) is 3.38. The molecule has 1 aliphatic heterocycles. The van der Waals surface area contributed by atoms with E-state index in [9.17, 15) is 9.59 Å². The molecule has 0 radical (unpaired) electrons. The Kier molecular flexibility index (Phi) is 2.58. The van der Waals surface area contributed by atoms with Gasteiger partial charge in [0.05, 0.1) is 5.92 Å². The van der Waals surface area contributed by atoms with Gasteiger partial charge in [0, 0.05) is 12.0 Å². The van der Waals surface area contributed by atoms with Gasteiger partial charge in [-0.25, -0.2) is 4.79 Å². The van der Waals surface area contributed by atoms with Crippen LogP contribution < -0.4 is 0 Å². The van der Waals surface area contributed by atoms with Gasteiger partial charge in [0.2, 0.25) is 0 Å². The van der Waals surface area contributed by atoms with Crippen LogP contribution in [0.15, 0.2) is 24.8 Å². The predicted octanol–water partition coefficient (Wildman–Crippen LogP) is 0.833. The van der Waals surface area contributed by atoms with Gasteiger partial charge in [-0.3, -0.25) is 4.79 Å². The second kappa shape index (κ2) is 3.88. The molecule has 15 heavy (non-hydrogen) atoms. The average Bonchev–Trinajstić information content (AvgIpc) is 2.75. The summed E-state index contributed by atoms with van der Waals surface area (Å²) in [5.74, 6) is -0.965. The molecule has 3 atom stereocenters. The minimum absolute atomic E-state index is 0.0898. The van der Waals surface area contributed by atoms with Gasteiger partial charge >= 0.3 is 11.9 Å². The van der Waals surface area contributed by atoms with Crippen molar-refractivity contribution >= 4 is 11.9 Å². The second-order valence-corrected chi connectivity index (χ2v) is 3.67. The first kappa shape index (κ1) is 9.96. The zero-order valence-corrected chi connectivity index (χ0v) is 8.22. The summed E-state index contributed by atoms with van der Waals surface area (Å²) in [6.07, 6.45) is 5.66. The molecule has 1 saturated heterocycles. The first-order valence-electron chi connectivity index (χ1n) is 4.88. The summed E-state index contributed by atoms with van der Waals surface area (Å²) < 4.78 is 9.99. The molecule has 1 fully saturated rings. The van der Waals surface area contributed by atoms with Crippen molar-refractivity contribution in [1.82, 2.24) is 0 Å². The molecule has 80 valence electrons. The zero-order valence-electron chi connectivity index (χ0n) is 8.22. The number of allylic oxidation sites excluding steroid dienone is 1. The van der Waals surface area contributed by atoms with Crippen molar-refractivity contribution in [2.75, 3.05) is 6.61 Å². The second-order valence-electron chi connectivity index (χ2n) is 3.67. The molecule has 0 aromatic rings. The third-order valence-corrected chi connectivity index (χ3v) is 2.80. The topological polar surface area (TPSA) is 52.6 Å². The fourth-order valence-corrected chi connectivity index (χ4v) is 1.99. The number of hydrogen-bond donors (Lipinski definition) is 0. The van der Waals surface area contributed by atoms with Gasteiger partial charge in [0.25, 0.3) is 0 Å². The molecule has 0 aromatic heterocycles. The summed E-state index contributed by atoms with van der Waals surface area (Å²) in [7, 11) is 0. The molecule has 4 nitrogen and oxygen atoms in total. The summed E-state index contributed by atoms with van der Waals surface area (Å²) in [5, 5.41) is 0. The highest BCUT2D eigenvalue weighted by atomic mass is 16.6. The first-order valence-corrected chi connectivity index (χ1v) is 4.88. The molecule has 0 unspecified atom stereocenters. The summed E-state index contributed by atoms with van der Waals surface area (Å²) in [6, 6.07) is 0. The lowest BCUT2D eigenvalue weighted by Gasteiger charge is -2.12. The van der Waals surface area contributed by atoms with Gasteiger partial charge in [-0.05, 0) is 12.5 Å². The predicted molar refractivity (Wildman–Crippen MR) is 51.8 cm³/mol. The van der Waals surface area contributed by atoms with E-state index in [0.717, 1.165) is 12.5 Å². The van der Waals surface area contributed by atoms with Crippen LogP contribution in [0.2, 0.25) is 0 Å². The van der Waals surface area contributed by atoms with Crippen molar-refractivity contribution in [2.24, 2.45) is 11.8 Å². The number of carbonyl (C=O) groups excluding carboxylic acids is 2. The van der Waals surface area contributed by atoms with Crippen LogP contribution in [-0.4, -0.2) is 24.6 Å². The molecular formula is C11H12O4. The number of carbonyl (C=O) groups is 2. The van der Waals surface area contributed by atoms with E-state index in [0.29, 0.717) is 0 Å². The molecule has 0 amide bonds. The van der Waals surface area contributed by atoms with Crippen LogP contribution in [0, 0.1) is 11.8 Å². The minimum atomic E-state index is -0.503. The Morgan fingerprint density at radius 3 is 3.27 bits per heavy atom. The maximum atomic E-state index is 11.4. The molecular weight excluding hydrogens is 196 g/mol. The zero-order chi connectivity index (χ0) is 10.8. The van der Waals surface area contributed by atoms with Crippen molar-refractivity contribution in [2.45, 2.75) is 12.5 Å². The van der Waals surface area contributed by atoms with E-state index < -0.39 is 5.97 Å². The van der Waals surface area contributed by atoms with E-state index in [1.165, 1.54) is 0 Å². The molecule has 4 heteroatoms. The van der Waals surface area contributed by atoms with Crippen LogP contribution in [0.5, 0.6) is 0 Å². The molecule has 2 rings (SSSR count). The van der Waals surface area contributed by atoms with Crippen LogP contribution in [-0.2, 0) is 19.1 Å². The smallest absolute Gasteiger partial charge is 0.330 e. The first-order chi connectivity index (χ1) is 7.22. The normalized spacial score (nSPS) is 32.3. The van der Waals surface area contributed by atoms with Crippen molar-refractivity contribution in [3.8, 4) is 0 Å². The molecule has 0 bridgehead atoms. The largest absolute Gasteiger partial charge is 0.462 e. The highest BCUT2D eigenvalue weighted by Gasteiger charge is 2.45. The molecule has 2 aliphatic rings. The van der Waals surface area contributed by atoms with Crippen molar-refractivity contribution in [1.29, 1.82) is 0 Å².